The maximum atomic E-state index is 12.8. The molecule has 2 N–H and O–H groups in total. The summed E-state index contributed by atoms with van der Waals surface area (Å²) in [5.41, 5.74) is 6.92. The maximum Gasteiger partial charge on any atom is 0.157 e. The van der Waals surface area contributed by atoms with E-state index in [-0.39, 0.29) is 11.9 Å². The Hall–Kier alpha value is -1.88. The number of aromatic nitrogens is 2. The van der Waals surface area contributed by atoms with Gasteiger partial charge < -0.3 is 10.5 Å². The molecule has 2 aromatic rings. The van der Waals surface area contributed by atoms with Gasteiger partial charge in [-0.25, -0.2) is 4.39 Å². The predicted molar refractivity (Wildman–Crippen MR) is 66.7 cm³/mol. The summed E-state index contributed by atoms with van der Waals surface area (Å²) in [4.78, 5) is 0. The van der Waals surface area contributed by atoms with Gasteiger partial charge in [-0.15, -0.1) is 0 Å². The van der Waals surface area contributed by atoms with Crippen molar-refractivity contribution in [2.24, 2.45) is 5.73 Å². The Kier molecular flexibility index (Phi) is 3.94. The molecule has 0 saturated carbocycles. The van der Waals surface area contributed by atoms with Crippen LogP contribution >= 0.6 is 0 Å². The van der Waals surface area contributed by atoms with Gasteiger partial charge in [-0.05, 0) is 24.6 Å². The van der Waals surface area contributed by atoms with Crippen molar-refractivity contribution >= 4 is 0 Å². The van der Waals surface area contributed by atoms with Gasteiger partial charge in [0, 0.05) is 6.04 Å². The average Bonchev–Trinajstić information content (AvgIpc) is 2.78. The van der Waals surface area contributed by atoms with Crippen LogP contribution in [0.2, 0.25) is 0 Å². The van der Waals surface area contributed by atoms with Crippen LogP contribution in [-0.2, 0) is 6.54 Å². The van der Waals surface area contributed by atoms with Gasteiger partial charge in [0.2, 0.25) is 0 Å². The molecule has 0 amide bonds. The fraction of sp³-hybridized carbons (Fsp3) is 0.308. The Morgan fingerprint density at radius 1 is 1.39 bits per heavy atom. The van der Waals surface area contributed by atoms with Gasteiger partial charge in [0.15, 0.2) is 5.75 Å². The third kappa shape index (κ3) is 3.07. The van der Waals surface area contributed by atoms with Crippen LogP contribution in [0.1, 0.15) is 18.5 Å². The van der Waals surface area contributed by atoms with Crippen LogP contribution in [0.4, 0.5) is 4.39 Å². The number of benzene rings is 1. The normalized spacial score (nSPS) is 12.4. The largest absolute Gasteiger partial charge is 0.491 e. The molecule has 96 valence electrons. The van der Waals surface area contributed by atoms with Gasteiger partial charge in [-0.3, -0.25) is 4.68 Å². The van der Waals surface area contributed by atoms with Crippen LogP contribution in [0.15, 0.2) is 36.7 Å². The highest BCUT2D eigenvalue weighted by Crippen LogP contribution is 2.15. The zero-order chi connectivity index (χ0) is 13.0. The molecule has 0 saturated heterocycles. The summed E-state index contributed by atoms with van der Waals surface area (Å²) in [6, 6.07) is 5.97. The summed E-state index contributed by atoms with van der Waals surface area (Å²) in [6.07, 6.45) is 3.45. The second kappa shape index (κ2) is 5.64. The lowest BCUT2D eigenvalue weighted by atomic mass is 10.1. The average molecular weight is 249 g/mol. The molecule has 18 heavy (non-hydrogen) atoms. The zero-order valence-corrected chi connectivity index (χ0v) is 10.2. The summed E-state index contributed by atoms with van der Waals surface area (Å²) >= 11 is 0. The number of nitrogens with two attached hydrogens (primary N) is 1. The van der Waals surface area contributed by atoms with E-state index >= 15 is 0 Å². The molecule has 2 rings (SSSR count). The topological polar surface area (TPSA) is 53.1 Å². The quantitative estimate of drug-likeness (QED) is 0.883. The lowest BCUT2D eigenvalue weighted by Crippen LogP contribution is -2.17. The summed E-state index contributed by atoms with van der Waals surface area (Å²) in [5.74, 6) is 0.465. The first-order valence-corrected chi connectivity index (χ1v) is 5.85. The molecule has 0 bridgehead atoms. The SMILES string of the molecule is CCOc1cnn(CC(N)c2ccc(F)cc2)c1. The lowest BCUT2D eigenvalue weighted by molar-refractivity contribution is 0.339. The Morgan fingerprint density at radius 2 is 2.11 bits per heavy atom. The van der Waals surface area contributed by atoms with Crippen molar-refractivity contribution in [3.8, 4) is 5.75 Å². The van der Waals surface area contributed by atoms with Crippen molar-refractivity contribution < 1.29 is 9.13 Å². The smallest absolute Gasteiger partial charge is 0.157 e. The van der Waals surface area contributed by atoms with Crippen LogP contribution in [0.5, 0.6) is 5.75 Å². The van der Waals surface area contributed by atoms with E-state index in [0.717, 1.165) is 11.3 Å². The zero-order valence-electron chi connectivity index (χ0n) is 10.2. The van der Waals surface area contributed by atoms with E-state index in [1.807, 2.05) is 6.92 Å². The molecule has 1 aromatic carbocycles. The van der Waals surface area contributed by atoms with Gasteiger partial charge in [-0.2, -0.15) is 5.10 Å². The molecule has 0 fully saturated rings. The molecule has 1 heterocycles. The van der Waals surface area contributed by atoms with E-state index in [9.17, 15) is 4.39 Å². The van der Waals surface area contributed by atoms with Gasteiger partial charge in [0.05, 0.1) is 25.5 Å². The van der Waals surface area contributed by atoms with E-state index < -0.39 is 0 Å². The van der Waals surface area contributed by atoms with Crippen LogP contribution in [-0.4, -0.2) is 16.4 Å². The number of ether oxygens (including phenoxy) is 1. The van der Waals surface area contributed by atoms with E-state index in [1.165, 1.54) is 12.1 Å². The Balaban J connectivity index is 2.01. The van der Waals surface area contributed by atoms with Crippen molar-refractivity contribution in [1.29, 1.82) is 0 Å². The molecular weight excluding hydrogens is 233 g/mol. The highest BCUT2D eigenvalue weighted by atomic mass is 19.1. The van der Waals surface area contributed by atoms with Crippen LogP contribution < -0.4 is 10.5 Å². The third-order valence-electron chi connectivity index (χ3n) is 2.60. The number of nitrogens with zero attached hydrogens (tertiary/aromatic N) is 2. The second-order valence-electron chi connectivity index (χ2n) is 3.99. The Morgan fingerprint density at radius 3 is 2.78 bits per heavy atom. The van der Waals surface area contributed by atoms with Gasteiger partial charge in [0.25, 0.3) is 0 Å². The first-order valence-electron chi connectivity index (χ1n) is 5.85. The summed E-state index contributed by atoms with van der Waals surface area (Å²) < 4.78 is 19.8. The highest BCUT2D eigenvalue weighted by molar-refractivity contribution is 5.19. The molecular formula is C13H16FN3O. The number of hydrogen-bond donors (Lipinski definition) is 1. The number of hydrogen-bond acceptors (Lipinski definition) is 3. The van der Waals surface area contributed by atoms with Gasteiger partial charge >= 0.3 is 0 Å². The van der Waals surface area contributed by atoms with Crippen LogP contribution in [0, 0.1) is 5.82 Å². The third-order valence-corrected chi connectivity index (χ3v) is 2.60. The molecule has 4 nitrogen and oxygen atoms in total. The van der Waals surface area contributed by atoms with Crippen molar-refractivity contribution in [3.05, 3.63) is 48.0 Å². The summed E-state index contributed by atoms with van der Waals surface area (Å²) in [5, 5.41) is 4.16. The van der Waals surface area contributed by atoms with Crippen LogP contribution in [0.3, 0.4) is 0 Å². The Bertz CT molecular complexity index is 495. The lowest BCUT2D eigenvalue weighted by Gasteiger charge is -2.11. The van der Waals surface area contributed by atoms with Crippen LogP contribution in [0.25, 0.3) is 0 Å². The maximum absolute atomic E-state index is 12.8. The monoisotopic (exact) mass is 249 g/mol. The standard InChI is InChI=1S/C13H16FN3O/c1-2-18-12-7-16-17(8-12)9-13(15)10-3-5-11(14)6-4-10/h3-8,13H,2,9,15H2,1H3. The summed E-state index contributed by atoms with van der Waals surface area (Å²) in [6.45, 7) is 3.05. The molecule has 5 heteroatoms. The van der Waals surface area contributed by atoms with Crippen molar-refractivity contribution in [2.45, 2.75) is 19.5 Å². The summed E-state index contributed by atoms with van der Waals surface area (Å²) in [7, 11) is 0. The van der Waals surface area contributed by atoms with E-state index in [2.05, 4.69) is 5.10 Å². The first kappa shape index (κ1) is 12.6. The van der Waals surface area contributed by atoms with E-state index in [4.69, 9.17) is 10.5 Å². The molecule has 1 atom stereocenters. The van der Waals surface area contributed by atoms with Crippen molar-refractivity contribution in [2.75, 3.05) is 6.61 Å². The van der Waals surface area contributed by atoms with Gasteiger partial charge in [0.1, 0.15) is 5.82 Å². The van der Waals surface area contributed by atoms with E-state index in [1.54, 1.807) is 29.2 Å². The second-order valence-corrected chi connectivity index (χ2v) is 3.99. The minimum absolute atomic E-state index is 0.222. The molecule has 0 aliphatic heterocycles. The molecule has 0 radical (unpaired) electrons. The first-order chi connectivity index (χ1) is 8.69. The van der Waals surface area contributed by atoms with Crippen molar-refractivity contribution in [3.63, 3.8) is 0 Å². The van der Waals surface area contributed by atoms with E-state index in [0.29, 0.717) is 13.2 Å². The predicted octanol–water partition coefficient (Wildman–Crippen LogP) is 2.12. The number of rotatable bonds is 5. The molecule has 0 aliphatic rings. The Labute approximate surface area is 105 Å². The highest BCUT2D eigenvalue weighted by Gasteiger charge is 2.08. The minimum atomic E-state index is -0.260. The fourth-order valence-electron chi connectivity index (χ4n) is 1.70. The number of halogens is 1. The van der Waals surface area contributed by atoms with Gasteiger partial charge in [-0.1, -0.05) is 12.1 Å². The molecule has 0 spiro atoms. The minimum Gasteiger partial charge on any atom is -0.491 e. The molecule has 1 unspecified atom stereocenters. The fourth-order valence-corrected chi connectivity index (χ4v) is 1.70. The van der Waals surface area contributed by atoms with Crippen molar-refractivity contribution in [1.82, 2.24) is 9.78 Å². The molecule has 0 aliphatic carbocycles. The molecule has 1 aromatic heterocycles.